The molecule has 3 rings (SSSR count). The summed E-state index contributed by atoms with van der Waals surface area (Å²) in [6.07, 6.45) is 3.26. The predicted octanol–water partition coefficient (Wildman–Crippen LogP) is 3.60. The number of carbonyl (C=O) groups is 1. The Hall–Kier alpha value is -2.05. The van der Waals surface area contributed by atoms with Gasteiger partial charge >= 0.3 is 0 Å². The zero-order chi connectivity index (χ0) is 15.9. The fourth-order valence-electron chi connectivity index (χ4n) is 2.15. The second-order valence-electron chi connectivity index (χ2n) is 4.87. The summed E-state index contributed by atoms with van der Waals surface area (Å²) in [4.78, 5) is 17.8. The van der Waals surface area contributed by atoms with Crippen LogP contribution in [0, 0.1) is 0 Å². The van der Waals surface area contributed by atoms with E-state index >= 15 is 0 Å². The molecule has 0 unspecified atom stereocenters. The molecule has 0 spiro atoms. The molecular formula is C17H17N3OS2. The second-order valence-corrected chi connectivity index (χ2v) is 7.01. The molecule has 0 radical (unpaired) electrons. The first-order valence-corrected chi connectivity index (χ1v) is 9.34. The van der Waals surface area contributed by atoms with Crippen molar-refractivity contribution in [2.45, 2.75) is 5.75 Å². The van der Waals surface area contributed by atoms with Gasteiger partial charge in [0.25, 0.3) is 5.91 Å². The Balaban J connectivity index is 1.50. The van der Waals surface area contributed by atoms with Crippen LogP contribution in [0.25, 0.3) is 5.69 Å². The van der Waals surface area contributed by atoms with Crippen LogP contribution < -0.4 is 5.32 Å². The summed E-state index contributed by atoms with van der Waals surface area (Å²) in [7, 11) is 0. The van der Waals surface area contributed by atoms with Gasteiger partial charge in [-0.05, 0) is 23.6 Å². The number of hydrogen-bond donors (Lipinski definition) is 1. The maximum Gasteiger partial charge on any atom is 0.269 e. The van der Waals surface area contributed by atoms with Crippen LogP contribution in [-0.4, -0.2) is 27.8 Å². The molecule has 0 bridgehead atoms. The molecule has 6 heteroatoms. The number of thiophene rings is 1. The van der Waals surface area contributed by atoms with Gasteiger partial charge in [-0.25, -0.2) is 4.98 Å². The van der Waals surface area contributed by atoms with Crippen molar-refractivity contribution in [1.29, 1.82) is 0 Å². The highest BCUT2D eigenvalue weighted by Gasteiger charge is 2.12. The van der Waals surface area contributed by atoms with E-state index in [1.807, 2.05) is 42.1 Å². The fraction of sp³-hybridized carbons (Fsp3) is 0.176. The molecule has 3 aromatic rings. The minimum absolute atomic E-state index is 0.0944. The molecule has 4 nitrogen and oxygen atoms in total. The zero-order valence-electron chi connectivity index (χ0n) is 12.5. The maximum absolute atomic E-state index is 12.3. The quantitative estimate of drug-likeness (QED) is 0.667. The number of benzene rings is 1. The molecule has 118 valence electrons. The summed E-state index contributed by atoms with van der Waals surface area (Å²) < 4.78 is 1.80. The summed E-state index contributed by atoms with van der Waals surface area (Å²) in [5, 5.41) is 5.04. The molecule has 2 aromatic heterocycles. The number of hydrogen-bond acceptors (Lipinski definition) is 4. The minimum Gasteiger partial charge on any atom is -0.350 e. The molecule has 1 aromatic carbocycles. The van der Waals surface area contributed by atoms with Crippen molar-refractivity contribution >= 4 is 29.0 Å². The van der Waals surface area contributed by atoms with Crippen molar-refractivity contribution in [1.82, 2.24) is 14.9 Å². The van der Waals surface area contributed by atoms with Crippen LogP contribution in [0.1, 0.15) is 15.4 Å². The van der Waals surface area contributed by atoms with Gasteiger partial charge in [0, 0.05) is 28.6 Å². The average molecular weight is 343 g/mol. The van der Waals surface area contributed by atoms with Crippen LogP contribution in [-0.2, 0) is 5.75 Å². The van der Waals surface area contributed by atoms with Gasteiger partial charge in [0.1, 0.15) is 5.69 Å². The van der Waals surface area contributed by atoms with Crippen molar-refractivity contribution in [3.8, 4) is 5.69 Å². The number of aromatic nitrogens is 2. The van der Waals surface area contributed by atoms with Crippen LogP contribution >= 0.6 is 23.1 Å². The molecule has 0 atom stereocenters. The van der Waals surface area contributed by atoms with Crippen LogP contribution in [0.4, 0.5) is 0 Å². The number of nitrogens with one attached hydrogen (secondary N) is 1. The highest BCUT2D eigenvalue weighted by molar-refractivity contribution is 7.98. The van der Waals surface area contributed by atoms with E-state index in [-0.39, 0.29) is 5.91 Å². The third-order valence-electron chi connectivity index (χ3n) is 3.26. The molecule has 1 amide bonds. The topological polar surface area (TPSA) is 46.9 Å². The Bertz CT molecular complexity index is 738. The van der Waals surface area contributed by atoms with E-state index in [2.05, 4.69) is 27.8 Å². The molecule has 0 fully saturated rings. The van der Waals surface area contributed by atoms with Gasteiger partial charge < -0.3 is 5.32 Å². The van der Waals surface area contributed by atoms with E-state index in [0.29, 0.717) is 12.2 Å². The second kappa shape index (κ2) is 7.99. The lowest BCUT2D eigenvalue weighted by molar-refractivity contribution is 0.0949. The summed E-state index contributed by atoms with van der Waals surface area (Å²) in [5.74, 6) is 1.79. The van der Waals surface area contributed by atoms with Crippen LogP contribution in [0.3, 0.4) is 0 Å². The molecule has 0 saturated carbocycles. The monoisotopic (exact) mass is 343 g/mol. The third kappa shape index (κ3) is 4.24. The Labute approximate surface area is 143 Å². The van der Waals surface area contributed by atoms with Gasteiger partial charge in [-0.3, -0.25) is 9.36 Å². The van der Waals surface area contributed by atoms with Gasteiger partial charge in [0.2, 0.25) is 0 Å². The summed E-state index contributed by atoms with van der Waals surface area (Å²) in [6, 6.07) is 13.9. The van der Waals surface area contributed by atoms with Crippen molar-refractivity contribution in [2.24, 2.45) is 0 Å². The van der Waals surface area contributed by atoms with E-state index in [1.54, 1.807) is 28.4 Å². The van der Waals surface area contributed by atoms with Crippen LogP contribution in [0.15, 0.2) is 60.4 Å². The van der Waals surface area contributed by atoms with Gasteiger partial charge in [-0.1, -0.05) is 24.3 Å². The molecule has 0 aliphatic carbocycles. The lowest BCUT2D eigenvalue weighted by atomic mass is 10.3. The molecule has 0 aliphatic rings. The van der Waals surface area contributed by atoms with Crippen molar-refractivity contribution in [3.05, 3.63) is 70.9 Å². The number of thioether (sulfide) groups is 1. The van der Waals surface area contributed by atoms with Gasteiger partial charge in [-0.15, -0.1) is 11.3 Å². The molecular weight excluding hydrogens is 326 g/mol. The van der Waals surface area contributed by atoms with Crippen molar-refractivity contribution < 1.29 is 4.79 Å². The number of carbonyl (C=O) groups excluding carboxylic acids is 1. The van der Waals surface area contributed by atoms with Crippen LogP contribution in [0.2, 0.25) is 0 Å². The van der Waals surface area contributed by atoms with Crippen molar-refractivity contribution in [3.63, 3.8) is 0 Å². The number of amides is 1. The summed E-state index contributed by atoms with van der Waals surface area (Å²) >= 11 is 3.59. The van der Waals surface area contributed by atoms with E-state index in [0.717, 1.165) is 17.2 Å². The van der Waals surface area contributed by atoms with E-state index in [1.165, 1.54) is 4.88 Å². The number of para-hydroxylation sites is 1. The molecule has 23 heavy (non-hydrogen) atoms. The van der Waals surface area contributed by atoms with Crippen molar-refractivity contribution in [2.75, 3.05) is 12.3 Å². The first-order valence-electron chi connectivity index (χ1n) is 7.30. The van der Waals surface area contributed by atoms with Gasteiger partial charge in [-0.2, -0.15) is 11.8 Å². The number of nitrogens with zero attached hydrogens (tertiary/aromatic N) is 2. The number of imidazole rings is 1. The lowest BCUT2D eigenvalue weighted by Gasteiger charge is -2.08. The molecule has 1 N–H and O–H groups in total. The third-order valence-corrected chi connectivity index (χ3v) is 5.33. The zero-order valence-corrected chi connectivity index (χ0v) is 14.1. The average Bonchev–Trinajstić information content (AvgIpc) is 3.27. The van der Waals surface area contributed by atoms with E-state index in [4.69, 9.17) is 0 Å². The molecule has 0 aliphatic heterocycles. The SMILES string of the molecule is O=C(NCCSCc1cccs1)c1cncn1-c1ccccc1. The Morgan fingerprint density at radius 1 is 1.22 bits per heavy atom. The fourth-order valence-corrected chi connectivity index (χ4v) is 3.85. The van der Waals surface area contributed by atoms with Crippen LogP contribution in [0.5, 0.6) is 0 Å². The standard InChI is InChI=1S/C17H17N3OS2/c21-17(19-8-10-22-12-15-7-4-9-23-15)16-11-18-13-20(16)14-5-2-1-3-6-14/h1-7,9,11,13H,8,10,12H2,(H,19,21). The van der Waals surface area contributed by atoms with E-state index in [9.17, 15) is 4.79 Å². The first kappa shape index (κ1) is 15.8. The Morgan fingerprint density at radius 3 is 2.87 bits per heavy atom. The lowest BCUT2D eigenvalue weighted by Crippen LogP contribution is -2.27. The maximum atomic E-state index is 12.3. The highest BCUT2D eigenvalue weighted by atomic mass is 32.2. The highest BCUT2D eigenvalue weighted by Crippen LogP contribution is 2.16. The smallest absolute Gasteiger partial charge is 0.269 e. The Kier molecular flexibility index (Phi) is 5.50. The summed E-state index contributed by atoms with van der Waals surface area (Å²) in [6.45, 7) is 0.648. The predicted molar refractivity (Wildman–Crippen MR) is 96.4 cm³/mol. The molecule has 0 saturated heterocycles. The molecule has 2 heterocycles. The first-order chi connectivity index (χ1) is 11.3. The number of rotatable bonds is 7. The normalized spacial score (nSPS) is 10.6. The van der Waals surface area contributed by atoms with E-state index < -0.39 is 0 Å². The largest absolute Gasteiger partial charge is 0.350 e. The van der Waals surface area contributed by atoms with Gasteiger partial charge in [0.05, 0.1) is 12.5 Å². The minimum atomic E-state index is -0.0944. The summed E-state index contributed by atoms with van der Waals surface area (Å²) in [5.41, 5.74) is 1.49. The Morgan fingerprint density at radius 2 is 2.09 bits per heavy atom. The van der Waals surface area contributed by atoms with Gasteiger partial charge in [0.15, 0.2) is 0 Å².